The number of benzene rings is 1. The lowest BCUT2D eigenvalue weighted by atomic mass is 10.0. The average Bonchev–Trinajstić information content (AvgIpc) is 3.04. The molecule has 0 bridgehead atoms. The van der Waals surface area contributed by atoms with E-state index in [2.05, 4.69) is 5.32 Å². The van der Waals surface area contributed by atoms with Crippen LogP contribution >= 0.6 is 0 Å². The fourth-order valence-electron chi connectivity index (χ4n) is 2.98. The number of hydrogen-bond donors (Lipinski definition) is 1. The molecule has 1 fully saturated rings. The minimum atomic E-state index is -3.45. The third-order valence-corrected chi connectivity index (χ3v) is 6.27. The van der Waals surface area contributed by atoms with Gasteiger partial charge in [-0.2, -0.15) is 0 Å². The van der Waals surface area contributed by atoms with Crippen molar-refractivity contribution in [2.75, 3.05) is 20.6 Å². The highest BCUT2D eigenvalue weighted by Gasteiger charge is 2.17. The van der Waals surface area contributed by atoms with E-state index in [0.29, 0.717) is 12.1 Å². The van der Waals surface area contributed by atoms with Crippen LogP contribution in [-0.2, 0) is 10.0 Å². The molecule has 0 unspecified atom stereocenters. The number of hydrogen-bond acceptors (Lipinski definition) is 3. The van der Waals surface area contributed by atoms with E-state index < -0.39 is 10.0 Å². The van der Waals surface area contributed by atoms with Gasteiger partial charge in [0.2, 0.25) is 10.0 Å². The molecule has 0 heterocycles. The van der Waals surface area contributed by atoms with Crippen LogP contribution in [0, 0.1) is 5.92 Å². The highest BCUT2D eigenvalue weighted by atomic mass is 32.2. The number of carbonyl (C=O) groups excluding carboxylic acids is 1. The van der Waals surface area contributed by atoms with Gasteiger partial charge in [0.15, 0.2) is 0 Å². The lowest BCUT2D eigenvalue weighted by molar-refractivity contribution is 0.0952. The van der Waals surface area contributed by atoms with E-state index in [1.165, 1.54) is 58.3 Å². The highest BCUT2D eigenvalue weighted by Crippen LogP contribution is 2.28. The molecule has 1 amide bonds. The molecule has 2 rings (SSSR count). The van der Waals surface area contributed by atoms with Crippen molar-refractivity contribution < 1.29 is 13.2 Å². The Balaban J connectivity index is 1.83. The molecule has 0 aliphatic heterocycles. The molecule has 23 heavy (non-hydrogen) atoms. The summed E-state index contributed by atoms with van der Waals surface area (Å²) in [7, 11) is -0.475. The first-order valence-corrected chi connectivity index (χ1v) is 9.66. The highest BCUT2D eigenvalue weighted by molar-refractivity contribution is 7.89. The molecule has 6 heteroatoms. The lowest BCUT2D eigenvalue weighted by Gasteiger charge is -2.12. The van der Waals surface area contributed by atoms with Crippen molar-refractivity contribution in [2.24, 2.45) is 5.92 Å². The van der Waals surface area contributed by atoms with Crippen LogP contribution in [0.15, 0.2) is 29.2 Å². The van der Waals surface area contributed by atoms with E-state index in [0.717, 1.165) is 16.6 Å². The van der Waals surface area contributed by atoms with Gasteiger partial charge in [-0.15, -0.1) is 0 Å². The van der Waals surface area contributed by atoms with E-state index in [-0.39, 0.29) is 10.8 Å². The van der Waals surface area contributed by atoms with Crippen LogP contribution in [0.5, 0.6) is 0 Å². The van der Waals surface area contributed by atoms with Crippen LogP contribution in [0.4, 0.5) is 0 Å². The summed E-state index contributed by atoms with van der Waals surface area (Å²) < 4.78 is 25.1. The Bertz CT molecular complexity index is 618. The molecule has 128 valence electrons. The Hall–Kier alpha value is -1.40. The Morgan fingerprint density at radius 1 is 1.17 bits per heavy atom. The Labute approximate surface area is 139 Å². The van der Waals surface area contributed by atoms with Gasteiger partial charge in [0.1, 0.15) is 0 Å². The summed E-state index contributed by atoms with van der Waals surface area (Å²) in [6.45, 7) is 0.674. The summed E-state index contributed by atoms with van der Waals surface area (Å²) in [5.41, 5.74) is 0.489. The van der Waals surface area contributed by atoms with Crippen molar-refractivity contribution in [3.05, 3.63) is 29.8 Å². The maximum atomic E-state index is 12.1. The van der Waals surface area contributed by atoms with Crippen molar-refractivity contribution in [1.29, 1.82) is 0 Å². The Morgan fingerprint density at radius 2 is 1.78 bits per heavy atom. The zero-order valence-corrected chi connectivity index (χ0v) is 14.7. The summed E-state index contributed by atoms with van der Waals surface area (Å²) in [5.74, 6) is 0.688. The van der Waals surface area contributed by atoms with Gasteiger partial charge in [0.05, 0.1) is 4.90 Å². The van der Waals surface area contributed by atoms with Gasteiger partial charge in [0.25, 0.3) is 5.91 Å². The molecule has 5 nitrogen and oxygen atoms in total. The van der Waals surface area contributed by atoms with E-state index >= 15 is 0 Å². The number of rotatable bonds is 7. The van der Waals surface area contributed by atoms with Crippen LogP contribution in [0.2, 0.25) is 0 Å². The topological polar surface area (TPSA) is 66.5 Å². The van der Waals surface area contributed by atoms with E-state index in [9.17, 15) is 13.2 Å². The van der Waals surface area contributed by atoms with Crippen molar-refractivity contribution in [1.82, 2.24) is 9.62 Å². The van der Waals surface area contributed by atoms with Crippen molar-refractivity contribution in [2.45, 2.75) is 43.4 Å². The fraction of sp³-hybridized carbons (Fsp3) is 0.588. The Kier molecular flexibility index (Phi) is 6.18. The molecule has 1 aliphatic carbocycles. The molecule has 0 spiro atoms. The SMILES string of the molecule is CN(C)S(=O)(=O)c1ccc(C(=O)NCCCC2CCCC2)cc1. The first-order chi connectivity index (χ1) is 10.9. The maximum Gasteiger partial charge on any atom is 0.251 e. The molecule has 0 radical (unpaired) electrons. The molecular formula is C17H26N2O3S. The van der Waals surface area contributed by atoms with Crippen LogP contribution < -0.4 is 5.32 Å². The Morgan fingerprint density at radius 3 is 2.35 bits per heavy atom. The minimum Gasteiger partial charge on any atom is -0.352 e. The largest absolute Gasteiger partial charge is 0.352 e. The molecule has 1 aromatic rings. The van der Waals surface area contributed by atoms with Gasteiger partial charge in [-0.05, 0) is 43.0 Å². The number of nitrogens with one attached hydrogen (secondary N) is 1. The zero-order valence-electron chi connectivity index (χ0n) is 13.9. The summed E-state index contributed by atoms with van der Waals surface area (Å²) in [6, 6.07) is 6.07. The summed E-state index contributed by atoms with van der Waals surface area (Å²) in [5, 5.41) is 2.91. The molecule has 1 aliphatic rings. The zero-order chi connectivity index (χ0) is 16.9. The van der Waals surface area contributed by atoms with Gasteiger partial charge >= 0.3 is 0 Å². The van der Waals surface area contributed by atoms with E-state index in [4.69, 9.17) is 0 Å². The monoisotopic (exact) mass is 338 g/mol. The van der Waals surface area contributed by atoms with Gasteiger partial charge in [-0.1, -0.05) is 25.7 Å². The fourth-order valence-corrected chi connectivity index (χ4v) is 3.88. The minimum absolute atomic E-state index is 0.148. The number of carbonyl (C=O) groups is 1. The second-order valence-electron chi connectivity index (χ2n) is 6.36. The third-order valence-electron chi connectivity index (χ3n) is 4.44. The lowest BCUT2D eigenvalue weighted by Crippen LogP contribution is -2.25. The number of sulfonamides is 1. The third kappa shape index (κ3) is 4.78. The normalized spacial score (nSPS) is 16.0. The smallest absolute Gasteiger partial charge is 0.251 e. The summed E-state index contributed by atoms with van der Waals surface area (Å²) in [6.07, 6.45) is 7.54. The van der Waals surface area contributed by atoms with Crippen molar-refractivity contribution in [3.63, 3.8) is 0 Å². The first-order valence-electron chi connectivity index (χ1n) is 8.22. The van der Waals surface area contributed by atoms with Gasteiger partial charge in [-0.3, -0.25) is 4.79 Å². The summed E-state index contributed by atoms with van der Waals surface area (Å²) >= 11 is 0. The van der Waals surface area contributed by atoms with Crippen LogP contribution in [0.25, 0.3) is 0 Å². The van der Waals surface area contributed by atoms with Crippen LogP contribution in [-0.4, -0.2) is 39.3 Å². The number of nitrogens with zero attached hydrogens (tertiary/aromatic N) is 1. The standard InChI is InChI=1S/C17H26N2O3S/c1-19(2)23(21,22)16-11-9-15(10-12-16)17(20)18-13-5-8-14-6-3-4-7-14/h9-12,14H,3-8,13H2,1-2H3,(H,18,20). The molecular weight excluding hydrogens is 312 g/mol. The molecule has 0 saturated heterocycles. The average molecular weight is 338 g/mol. The predicted molar refractivity (Wildman–Crippen MR) is 90.8 cm³/mol. The first kappa shape index (κ1) is 17.9. The molecule has 0 atom stereocenters. The summed E-state index contributed by atoms with van der Waals surface area (Å²) in [4.78, 5) is 12.3. The molecule has 1 N–H and O–H groups in total. The van der Waals surface area contributed by atoms with Crippen LogP contribution in [0.3, 0.4) is 0 Å². The predicted octanol–water partition coefficient (Wildman–Crippen LogP) is 2.64. The van der Waals surface area contributed by atoms with E-state index in [1.54, 1.807) is 12.1 Å². The van der Waals surface area contributed by atoms with Crippen molar-refractivity contribution >= 4 is 15.9 Å². The van der Waals surface area contributed by atoms with Crippen molar-refractivity contribution in [3.8, 4) is 0 Å². The molecule has 0 aromatic heterocycles. The van der Waals surface area contributed by atoms with Crippen LogP contribution in [0.1, 0.15) is 48.9 Å². The van der Waals surface area contributed by atoms with Gasteiger partial charge < -0.3 is 5.32 Å². The molecule has 1 aromatic carbocycles. The maximum absolute atomic E-state index is 12.1. The number of amides is 1. The quantitative estimate of drug-likeness (QED) is 0.777. The second-order valence-corrected chi connectivity index (χ2v) is 8.51. The van der Waals surface area contributed by atoms with Gasteiger partial charge in [0, 0.05) is 26.2 Å². The molecule has 1 saturated carbocycles. The van der Waals surface area contributed by atoms with E-state index in [1.807, 2.05) is 0 Å². The second kappa shape index (κ2) is 7.93. The van der Waals surface area contributed by atoms with Gasteiger partial charge in [-0.25, -0.2) is 12.7 Å².